The lowest BCUT2D eigenvalue weighted by Crippen LogP contribution is -2.50. The van der Waals surface area contributed by atoms with Crippen LogP contribution in [0.5, 0.6) is 0 Å². The molecule has 0 unspecified atom stereocenters. The Balaban J connectivity index is 1.32. The highest BCUT2D eigenvalue weighted by Crippen LogP contribution is 2.28. The fourth-order valence-electron chi connectivity index (χ4n) is 4.37. The SMILES string of the molecule is O=S1(=O)CC[C@@H](N2CCN(Cc3c(-c4ccccc4)nc4sccn34)CC2)C1. The number of hydrogen-bond acceptors (Lipinski definition) is 6. The van der Waals surface area contributed by atoms with E-state index in [0.717, 1.165) is 55.4 Å². The molecule has 2 aliphatic rings. The first-order valence-electron chi connectivity index (χ1n) is 9.76. The molecule has 28 heavy (non-hydrogen) atoms. The summed E-state index contributed by atoms with van der Waals surface area (Å²) in [4.78, 5) is 10.7. The molecule has 2 saturated heterocycles. The van der Waals surface area contributed by atoms with Crippen molar-refractivity contribution in [3.8, 4) is 11.3 Å². The molecule has 5 rings (SSSR count). The van der Waals surface area contributed by atoms with Crippen molar-refractivity contribution in [3.63, 3.8) is 0 Å². The van der Waals surface area contributed by atoms with Gasteiger partial charge in [-0.3, -0.25) is 14.2 Å². The Morgan fingerprint density at radius 1 is 1.11 bits per heavy atom. The number of nitrogens with zero attached hydrogens (tertiary/aromatic N) is 4. The van der Waals surface area contributed by atoms with E-state index in [4.69, 9.17) is 4.98 Å². The molecule has 0 spiro atoms. The lowest BCUT2D eigenvalue weighted by molar-refractivity contribution is 0.0992. The summed E-state index contributed by atoms with van der Waals surface area (Å²) in [7, 11) is -2.82. The second-order valence-electron chi connectivity index (χ2n) is 7.70. The summed E-state index contributed by atoms with van der Waals surface area (Å²) in [6, 6.07) is 10.6. The van der Waals surface area contributed by atoms with Gasteiger partial charge < -0.3 is 0 Å². The van der Waals surface area contributed by atoms with Gasteiger partial charge in [0.15, 0.2) is 14.8 Å². The summed E-state index contributed by atoms with van der Waals surface area (Å²) in [6.45, 7) is 4.65. The van der Waals surface area contributed by atoms with Gasteiger partial charge in [-0.15, -0.1) is 11.3 Å². The molecule has 1 aromatic carbocycles. The second kappa shape index (κ2) is 7.26. The topological polar surface area (TPSA) is 57.9 Å². The molecule has 0 bridgehead atoms. The fraction of sp³-hybridized carbons (Fsp3) is 0.450. The normalized spacial score (nSPS) is 23.5. The largest absolute Gasteiger partial charge is 0.297 e. The van der Waals surface area contributed by atoms with Gasteiger partial charge in [0.1, 0.15) is 0 Å². The van der Waals surface area contributed by atoms with Gasteiger partial charge in [-0.2, -0.15) is 0 Å². The van der Waals surface area contributed by atoms with E-state index in [1.165, 1.54) is 5.69 Å². The van der Waals surface area contributed by atoms with Gasteiger partial charge in [0.05, 0.1) is 22.9 Å². The van der Waals surface area contributed by atoms with Crippen LogP contribution in [0.1, 0.15) is 12.1 Å². The number of fused-ring (bicyclic) bond motifs is 1. The van der Waals surface area contributed by atoms with Crippen LogP contribution in [0.15, 0.2) is 41.9 Å². The van der Waals surface area contributed by atoms with E-state index in [1.54, 1.807) is 11.3 Å². The molecule has 8 heteroatoms. The Hall–Kier alpha value is -1.74. The van der Waals surface area contributed by atoms with E-state index in [2.05, 4.69) is 50.0 Å². The Labute approximate surface area is 169 Å². The van der Waals surface area contributed by atoms with Crippen LogP contribution >= 0.6 is 11.3 Å². The van der Waals surface area contributed by atoms with E-state index >= 15 is 0 Å². The van der Waals surface area contributed by atoms with Crippen molar-refractivity contribution in [3.05, 3.63) is 47.6 Å². The molecule has 2 aromatic heterocycles. The van der Waals surface area contributed by atoms with Crippen LogP contribution < -0.4 is 0 Å². The quantitative estimate of drug-likeness (QED) is 0.654. The lowest BCUT2D eigenvalue weighted by Gasteiger charge is -2.37. The van der Waals surface area contributed by atoms with Gasteiger partial charge in [-0.25, -0.2) is 13.4 Å². The number of rotatable bonds is 4. The van der Waals surface area contributed by atoms with Crippen LogP contribution in [0.25, 0.3) is 16.2 Å². The fourth-order valence-corrected chi connectivity index (χ4v) is 6.87. The Morgan fingerprint density at radius 3 is 2.61 bits per heavy atom. The predicted octanol–water partition coefficient (Wildman–Crippen LogP) is 2.37. The maximum Gasteiger partial charge on any atom is 0.194 e. The standard InChI is InChI=1S/C20H24N4O2S2/c25-28(26)13-6-17(15-28)23-9-7-22(8-10-23)14-18-19(16-4-2-1-3-5-16)21-20-24(18)11-12-27-20/h1-5,11-12,17H,6-10,13-15H2/t17-/m1/s1. The summed E-state index contributed by atoms with van der Waals surface area (Å²) in [5, 5.41) is 2.08. The zero-order chi connectivity index (χ0) is 19.1. The van der Waals surface area contributed by atoms with Crippen LogP contribution in [0.3, 0.4) is 0 Å². The Morgan fingerprint density at radius 2 is 1.89 bits per heavy atom. The van der Waals surface area contributed by atoms with Crippen molar-refractivity contribution >= 4 is 26.1 Å². The molecule has 2 fully saturated rings. The van der Waals surface area contributed by atoms with E-state index < -0.39 is 9.84 Å². The van der Waals surface area contributed by atoms with Crippen molar-refractivity contribution in [1.29, 1.82) is 0 Å². The average Bonchev–Trinajstić information content (AvgIpc) is 3.39. The average molecular weight is 417 g/mol. The van der Waals surface area contributed by atoms with E-state index in [-0.39, 0.29) is 6.04 Å². The van der Waals surface area contributed by atoms with E-state index in [1.807, 2.05) is 6.07 Å². The molecule has 2 aliphatic heterocycles. The van der Waals surface area contributed by atoms with Crippen molar-refractivity contribution in [2.24, 2.45) is 0 Å². The number of piperazine rings is 1. The smallest absolute Gasteiger partial charge is 0.194 e. The highest BCUT2D eigenvalue weighted by atomic mass is 32.2. The Kier molecular flexibility index (Phi) is 4.74. The minimum atomic E-state index is -2.82. The molecular weight excluding hydrogens is 392 g/mol. The minimum absolute atomic E-state index is 0.213. The first-order valence-corrected chi connectivity index (χ1v) is 12.5. The van der Waals surface area contributed by atoms with Crippen LogP contribution in [-0.2, 0) is 16.4 Å². The van der Waals surface area contributed by atoms with Gasteiger partial charge in [-0.05, 0) is 6.42 Å². The van der Waals surface area contributed by atoms with E-state index in [0.29, 0.717) is 11.5 Å². The van der Waals surface area contributed by atoms with Crippen LogP contribution in [-0.4, -0.2) is 71.3 Å². The van der Waals surface area contributed by atoms with Crippen molar-refractivity contribution < 1.29 is 8.42 Å². The maximum atomic E-state index is 11.8. The molecule has 0 saturated carbocycles. The molecule has 0 N–H and O–H groups in total. The van der Waals surface area contributed by atoms with Gasteiger partial charge >= 0.3 is 0 Å². The summed E-state index contributed by atoms with van der Waals surface area (Å²) >= 11 is 1.66. The van der Waals surface area contributed by atoms with Gasteiger partial charge in [-0.1, -0.05) is 30.3 Å². The number of hydrogen-bond donors (Lipinski definition) is 0. The van der Waals surface area contributed by atoms with Crippen molar-refractivity contribution in [2.75, 3.05) is 37.7 Å². The molecule has 0 radical (unpaired) electrons. The minimum Gasteiger partial charge on any atom is -0.297 e. The predicted molar refractivity (Wildman–Crippen MR) is 112 cm³/mol. The molecule has 4 heterocycles. The lowest BCUT2D eigenvalue weighted by atomic mass is 10.1. The summed E-state index contributed by atoms with van der Waals surface area (Å²) in [5.41, 5.74) is 3.46. The third-order valence-electron chi connectivity index (χ3n) is 5.91. The number of benzene rings is 1. The van der Waals surface area contributed by atoms with Gasteiger partial charge in [0.25, 0.3) is 0 Å². The third kappa shape index (κ3) is 3.50. The molecule has 148 valence electrons. The van der Waals surface area contributed by atoms with Gasteiger partial charge in [0, 0.05) is 55.9 Å². The molecule has 1 atom stereocenters. The number of imidazole rings is 1. The zero-order valence-corrected chi connectivity index (χ0v) is 17.3. The highest BCUT2D eigenvalue weighted by molar-refractivity contribution is 7.91. The van der Waals surface area contributed by atoms with E-state index in [9.17, 15) is 8.42 Å². The van der Waals surface area contributed by atoms with Crippen LogP contribution in [0.4, 0.5) is 0 Å². The number of sulfone groups is 1. The maximum absolute atomic E-state index is 11.8. The molecule has 0 aliphatic carbocycles. The van der Waals surface area contributed by atoms with Crippen LogP contribution in [0, 0.1) is 0 Å². The van der Waals surface area contributed by atoms with Crippen LogP contribution in [0.2, 0.25) is 0 Å². The third-order valence-corrected chi connectivity index (χ3v) is 8.42. The first-order chi connectivity index (χ1) is 13.6. The molecule has 3 aromatic rings. The number of aromatic nitrogens is 2. The van der Waals surface area contributed by atoms with Gasteiger partial charge in [0.2, 0.25) is 0 Å². The highest BCUT2D eigenvalue weighted by Gasteiger charge is 2.33. The summed E-state index contributed by atoms with van der Waals surface area (Å²) in [6.07, 6.45) is 2.90. The first kappa shape index (κ1) is 18.3. The zero-order valence-electron chi connectivity index (χ0n) is 15.7. The summed E-state index contributed by atoms with van der Waals surface area (Å²) < 4.78 is 25.8. The number of thiazole rings is 1. The molecule has 0 amide bonds. The summed E-state index contributed by atoms with van der Waals surface area (Å²) in [5.74, 6) is 0.688. The monoisotopic (exact) mass is 416 g/mol. The second-order valence-corrected chi connectivity index (χ2v) is 10.8. The Bertz CT molecular complexity index is 1070. The van der Waals surface area contributed by atoms with Crippen molar-refractivity contribution in [2.45, 2.75) is 19.0 Å². The molecular formula is C20H24N4O2S2. The molecule has 6 nitrogen and oxygen atoms in total. The van der Waals surface area contributed by atoms with Crippen molar-refractivity contribution in [1.82, 2.24) is 19.2 Å².